The molecule has 1 fully saturated rings. The molecule has 7 atom stereocenters. The Kier molecular flexibility index (Phi) is 23.8. The van der Waals surface area contributed by atoms with E-state index in [1.165, 1.54) is 0 Å². The first-order chi connectivity index (χ1) is 33.2. The molecule has 1 aliphatic carbocycles. The quantitative estimate of drug-likeness (QED) is 0.0291. The van der Waals surface area contributed by atoms with Crippen molar-refractivity contribution in [1.29, 1.82) is 0 Å². The van der Waals surface area contributed by atoms with Crippen molar-refractivity contribution in [3.63, 3.8) is 0 Å². The van der Waals surface area contributed by atoms with Crippen LogP contribution in [0.3, 0.4) is 0 Å². The van der Waals surface area contributed by atoms with Crippen LogP contribution in [0.4, 0.5) is 0 Å². The monoisotopic (exact) mass is 978 g/mol. The van der Waals surface area contributed by atoms with Gasteiger partial charge in [-0.05, 0) is 85.5 Å². The molecule has 0 radical (unpaired) electrons. The van der Waals surface area contributed by atoms with Gasteiger partial charge in [0.05, 0.1) is 12.8 Å². The number of aliphatic imine (C=N–C) groups is 2. The van der Waals surface area contributed by atoms with Crippen LogP contribution in [0.5, 0.6) is 0 Å². The predicted octanol–water partition coefficient (Wildman–Crippen LogP) is 0.0308. The number of carboxylic acids is 1. The number of fused-ring (bicyclic) bond motifs is 1. The van der Waals surface area contributed by atoms with Crippen molar-refractivity contribution in [2.45, 2.75) is 147 Å². The van der Waals surface area contributed by atoms with Crippen molar-refractivity contribution >= 4 is 70.0 Å². The van der Waals surface area contributed by atoms with Crippen LogP contribution in [0.2, 0.25) is 0 Å². The summed E-state index contributed by atoms with van der Waals surface area (Å²) in [5, 5.41) is 28.1. The summed E-state index contributed by atoms with van der Waals surface area (Å²) < 4.78 is 0. The van der Waals surface area contributed by atoms with Gasteiger partial charge in [0.2, 0.25) is 41.4 Å². The zero-order valence-electron chi connectivity index (χ0n) is 40.8. The molecular formula is C48H75N13O9. The number of guanidine groups is 2. The molecule has 0 saturated heterocycles. The summed E-state index contributed by atoms with van der Waals surface area (Å²) in [6.45, 7) is 7.17. The molecule has 0 heterocycles. The summed E-state index contributed by atoms with van der Waals surface area (Å²) in [5.41, 5.74) is 28.3. The summed E-state index contributed by atoms with van der Waals surface area (Å²) in [6.07, 6.45) is 3.50. The number of amides is 7. The fraction of sp³-hybridized carbons (Fsp3) is 0.583. The van der Waals surface area contributed by atoms with Crippen LogP contribution in [0, 0.1) is 17.8 Å². The van der Waals surface area contributed by atoms with E-state index in [4.69, 9.17) is 28.7 Å². The van der Waals surface area contributed by atoms with Crippen LogP contribution in [-0.4, -0.2) is 114 Å². The lowest BCUT2D eigenvalue weighted by atomic mass is 9.83. The summed E-state index contributed by atoms with van der Waals surface area (Å²) in [6, 6.07) is 7.28. The molecule has 0 unspecified atom stereocenters. The van der Waals surface area contributed by atoms with E-state index in [2.05, 4.69) is 41.9 Å². The van der Waals surface area contributed by atoms with Gasteiger partial charge in [-0.3, -0.25) is 48.3 Å². The zero-order valence-corrected chi connectivity index (χ0v) is 40.8. The molecule has 22 heteroatoms. The van der Waals surface area contributed by atoms with Crippen LogP contribution in [0.25, 0.3) is 10.8 Å². The Bertz CT molecular complexity index is 2170. The summed E-state index contributed by atoms with van der Waals surface area (Å²) in [5.74, 6) is -7.43. The van der Waals surface area contributed by atoms with E-state index in [1.807, 2.05) is 42.5 Å². The first-order valence-electron chi connectivity index (χ1n) is 24.1. The number of carboxylic acid groups (broad SMARTS) is 1. The molecule has 0 bridgehead atoms. The highest BCUT2D eigenvalue weighted by Gasteiger charge is 2.36. The second-order valence-corrected chi connectivity index (χ2v) is 18.2. The van der Waals surface area contributed by atoms with Crippen molar-refractivity contribution in [3.8, 4) is 0 Å². The van der Waals surface area contributed by atoms with E-state index in [-0.39, 0.29) is 87.3 Å². The molecule has 17 N–H and O–H groups in total. The third-order valence-corrected chi connectivity index (χ3v) is 12.7. The topological polar surface area (TPSA) is 384 Å². The lowest BCUT2D eigenvalue weighted by Gasteiger charge is -2.30. The maximum atomic E-state index is 14.1. The number of hydrogen-bond donors (Lipinski definition) is 12. The Morgan fingerprint density at radius 2 is 1.14 bits per heavy atom. The van der Waals surface area contributed by atoms with Crippen molar-refractivity contribution in [1.82, 2.24) is 31.9 Å². The van der Waals surface area contributed by atoms with Crippen molar-refractivity contribution in [2.24, 2.45) is 56.4 Å². The fourth-order valence-corrected chi connectivity index (χ4v) is 8.24. The minimum atomic E-state index is -1.73. The Hall–Kier alpha value is -7.00. The first kappa shape index (κ1) is 57.3. The van der Waals surface area contributed by atoms with Gasteiger partial charge in [0, 0.05) is 25.6 Å². The molecule has 70 heavy (non-hydrogen) atoms. The average Bonchev–Trinajstić information content (AvgIpc) is 3.30. The van der Waals surface area contributed by atoms with Gasteiger partial charge in [-0.15, -0.1) is 0 Å². The number of carbonyl (C=O) groups is 8. The van der Waals surface area contributed by atoms with Gasteiger partial charge in [0.1, 0.15) is 30.2 Å². The van der Waals surface area contributed by atoms with Gasteiger partial charge in [0.15, 0.2) is 11.9 Å². The second-order valence-electron chi connectivity index (χ2n) is 18.2. The van der Waals surface area contributed by atoms with Crippen molar-refractivity contribution < 1.29 is 43.5 Å². The number of nitrogens with zero attached hydrogens (tertiary/aromatic N) is 2. The van der Waals surface area contributed by atoms with Gasteiger partial charge in [-0.2, -0.15) is 0 Å². The van der Waals surface area contributed by atoms with Crippen molar-refractivity contribution in [2.75, 3.05) is 13.1 Å². The number of nitrogens with one attached hydrogen (secondary N) is 6. The minimum absolute atomic E-state index is 0.0108. The Labute approximate surface area is 409 Å². The Balaban J connectivity index is 1.70. The van der Waals surface area contributed by atoms with E-state index in [0.29, 0.717) is 38.5 Å². The first-order valence-corrected chi connectivity index (χ1v) is 24.1. The normalized spacial score (nSPS) is 17.4. The number of hydrogen-bond acceptors (Lipinski definition) is 10. The SMILES string of the molecule is CC[C@H](C)[C@H](NC(=O)[C@H](CCCN=C(N)N)NC(=O)[C@H](CC(=O)O)NC(=O)[C@@H](NC(=O)[C@H](CCCN=C(N)N)NC(=O)CC1CCC(NC(=O)Cc2ccc3ccccc3c2)CC1)[C@@H](C)CC)C(N)=O. The van der Waals surface area contributed by atoms with Crippen LogP contribution >= 0.6 is 0 Å². The molecule has 7 amide bonds. The fourth-order valence-electron chi connectivity index (χ4n) is 8.24. The van der Waals surface area contributed by atoms with Gasteiger partial charge >= 0.3 is 5.97 Å². The largest absolute Gasteiger partial charge is 0.481 e. The number of carbonyl (C=O) groups excluding carboxylic acids is 7. The highest BCUT2D eigenvalue weighted by Crippen LogP contribution is 2.27. The number of aliphatic carboxylic acids is 1. The molecule has 2 aromatic rings. The molecule has 3 rings (SSSR count). The van der Waals surface area contributed by atoms with E-state index in [0.717, 1.165) is 16.3 Å². The maximum absolute atomic E-state index is 14.1. The summed E-state index contributed by atoms with van der Waals surface area (Å²) in [4.78, 5) is 114. The van der Waals surface area contributed by atoms with Gasteiger partial charge < -0.3 is 65.7 Å². The lowest BCUT2D eigenvalue weighted by molar-refractivity contribution is -0.142. The Morgan fingerprint density at radius 3 is 1.69 bits per heavy atom. The number of nitrogens with two attached hydrogens (primary N) is 5. The Morgan fingerprint density at radius 1 is 0.629 bits per heavy atom. The molecule has 0 spiro atoms. The number of rotatable bonds is 29. The maximum Gasteiger partial charge on any atom is 0.305 e. The van der Waals surface area contributed by atoms with E-state index in [1.54, 1.807) is 27.7 Å². The van der Waals surface area contributed by atoms with Gasteiger partial charge in [0.25, 0.3) is 0 Å². The van der Waals surface area contributed by atoms with Gasteiger partial charge in [-0.1, -0.05) is 83.0 Å². The number of benzene rings is 2. The molecular weight excluding hydrogens is 903 g/mol. The summed E-state index contributed by atoms with van der Waals surface area (Å²) in [7, 11) is 0. The van der Waals surface area contributed by atoms with Gasteiger partial charge in [-0.25, -0.2) is 0 Å². The van der Waals surface area contributed by atoms with Crippen LogP contribution in [-0.2, 0) is 44.8 Å². The highest BCUT2D eigenvalue weighted by atomic mass is 16.4. The minimum Gasteiger partial charge on any atom is -0.481 e. The molecule has 386 valence electrons. The van der Waals surface area contributed by atoms with Crippen LogP contribution in [0.15, 0.2) is 52.4 Å². The molecule has 22 nitrogen and oxygen atoms in total. The zero-order chi connectivity index (χ0) is 51.9. The molecule has 0 aliphatic heterocycles. The van der Waals surface area contributed by atoms with E-state index >= 15 is 0 Å². The predicted molar refractivity (Wildman–Crippen MR) is 266 cm³/mol. The number of primary amides is 1. The second kappa shape index (κ2) is 29.1. The smallest absolute Gasteiger partial charge is 0.305 e. The van der Waals surface area contributed by atoms with Crippen molar-refractivity contribution in [3.05, 3.63) is 48.0 Å². The van der Waals surface area contributed by atoms with Crippen LogP contribution in [0.1, 0.15) is 110 Å². The summed E-state index contributed by atoms with van der Waals surface area (Å²) >= 11 is 0. The standard InChI is InChI=1S/C48H75N13O9/c1-5-27(3)40(42(49)66)60-44(68)35(14-10-22-55-48(52)53)58-45(69)36(26-39(64)65)59-46(70)41(28(4)6-2)61-43(67)34(13-9-21-54-47(50)51)57-38(63)24-29-16-19-33(20-17-29)56-37(62)25-30-15-18-31-11-7-8-12-32(31)23-30/h7-8,11-12,15,18,23,27-29,33-36,40-41H,5-6,9-10,13-14,16-17,19-22,24-26H2,1-4H3,(H2,49,66)(H,56,62)(H,57,63)(H,58,69)(H,59,70)(H,60,68)(H,61,67)(H,64,65)(H4,50,51,54)(H4,52,53,55)/t27-,28-,29?,33?,34-,35-,36-,40-,41-/m0/s1. The molecule has 0 aromatic heterocycles. The van der Waals surface area contributed by atoms with E-state index < -0.39 is 84.0 Å². The highest BCUT2D eigenvalue weighted by molar-refractivity contribution is 5.97. The third-order valence-electron chi connectivity index (χ3n) is 12.7. The molecule has 1 aliphatic rings. The molecule has 1 saturated carbocycles. The molecule has 2 aromatic carbocycles. The van der Waals surface area contributed by atoms with E-state index in [9.17, 15) is 43.5 Å². The third kappa shape index (κ3) is 19.9. The average molecular weight is 978 g/mol. The van der Waals surface area contributed by atoms with Crippen LogP contribution < -0.4 is 60.6 Å². The lowest BCUT2D eigenvalue weighted by Crippen LogP contribution is -2.60.